The number of fused-ring (bicyclic) bond motifs is 1. The van der Waals surface area contributed by atoms with E-state index in [9.17, 15) is 19.5 Å². The van der Waals surface area contributed by atoms with Crippen LogP contribution in [0.3, 0.4) is 0 Å². The Hall–Kier alpha value is -2.55. The molecular formula is C25H26ClN3O4S. The van der Waals surface area contributed by atoms with Gasteiger partial charge in [-0.1, -0.05) is 48.9 Å². The zero-order valence-corrected chi connectivity index (χ0v) is 20.2. The smallest absolute Gasteiger partial charge is 0.248 e. The number of likely N-dealkylation sites (tertiary alicyclic amines) is 1. The normalized spacial score (nSPS) is 31.4. The van der Waals surface area contributed by atoms with Crippen molar-refractivity contribution in [2.45, 2.75) is 29.4 Å². The zero-order valence-electron chi connectivity index (χ0n) is 18.6. The molecule has 3 heterocycles. The second kappa shape index (κ2) is 8.91. The van der Waals surface area contributed by atoms with Gasteiger partial charge in [-0.15, -0.1) is 11.8 Å². The first kappa shape index (κ1) is 23.2. The third kappa shape index (κ3) is 3.51. The van der Waals surface area contributed by atoms with Crippen LogP contribution in [0.1, 0.15) is 13.3 Å². The molecule has 3 N–H and O–H groups in total. The molecule has 7 nitrogen and oxygen atoms in total. The number of β-amino-alcohol motifs (C(OH)–C–C–N with tert-alkyl or cyclic N) is 1. The highest BCUT2D eigenvalue weighted by Gasteiger charge is 2.75. The number of benzene rings is 2. The Morgan fingerprint density at radius 3 is 2.53 bits per heavy atom. The van der Waals surface area contributed by atoms with Crippen LogP contribution in [0.4, 0.5) is 11.4 Å². The lowest BCUT2D eigenvalue weighted by atomic mass is 9.66. The van der Waals surface area contributed by atoms with Crippen LogP contribution in [0.15, 0.2) is 54.6 Å². The maximum atomic E-state index is 13.7. The first-order valence-corrected chi connectivity index (χ1v) is 12.6. The molecule has 2 aromatic rings. The first-order valence-electron chi connectivity index (χ1n) is 11.4. The fraction of sp³-hybridized carbons (Fsp3) is 0.400. The molecule has 9 heteroatoms. The van der Waals surface area contributed by atoms with E-state index in [1.54, 1.807) is 36.0 Å². The average molecular weight is 500 g/mol. The molecule has 2 aromatic carbocycles. The molecule has 1 spiro atoms. The summed E-state index contributed by atoms with van der Waals surface area (Å²) >= 11 is 7.86. The monoisotopic (exact) mass is 499 g/mol. The van der Waals surface area contributed by atoms with Gasteiger partial charge in [0.15, 0.2) is 0 Å². The Morgan fingerprint density at radius 2 is 1.82 bits per heavy atom. The number of nitrogens with zero attached hydrogens (tertiary/aromatic N) is 1. The van der Waals surface area contributed by atoms with Crippen molar-refractivity contribution in [3.63, 3.8) is 0 Å². The quantitative estimate of drug-likeness (QED) is 0.566. The maximum absolute atomic E-state index is 13.7. The van der Waals surface area contributed by atoms with Gasteiger partial charge in [0.1, 0.15) is 6.04 Å². The van der Waals surface area contributed by atoms with Gasteiger partial charge in [0.25, 0.3) is 0 Å². The summed E-state index contributed by atoms with van der Waals surface area (Å²) in [5.74, 6) is -1.93. The summed E-state index contributed by atoms with van der Waals surface area (Å²) in [6.45, 7) is 1.81. The molecule has 0 radical (unpaired) electrons. The molecule has 3 unspecified atom stereocenters. The first-order chi connectivity index (χ1) is 16.4. The van der Waals surface area contributed by atoms with Crippen molar-refractivity contribution in [1.82, 2.24) is 4.90 Å². The minimum Gasteiger partial charge on any atom is -0.395 e. The largest absolute Gasteiger partial charge is 0.395 e. The van der Waals surface area contributed by atoms with Gasteiger partial charge in [-0.2, -0.15) is 0 Å². The number of carbonyl (C=O) groups is 3. The summed E-state index contributed by atoms with van der Waals surface area (Å²) in [5.41, 5.74) is 1.14. The van der Waals surface area contributed by atoms with Crippen LogP contribution in [0.2, 0.25) is 5.02 Å². The molecule has 5 rings (SSSR count). The lowest BCUT2D eigenvalue weighted by Gasteiger charge is -2.38. The van der Waals surface area contributed by atoms with E-state index in [1.165, 1.54) is 4.90 Å². The number of amides is 3. The summed E-state index contributed by atoms with van der Waals surface area (Å²) in [4.78, 5) is 42.3. The van der Waals surface area contributed by atoms with Gasteiger partial charge < -0.3 is 20.6 Å². The van der Waals surface area contributed by atoms with Crippen LogP contribution in [-0.2, 0) is 14.4 Å². The third-order valence-corrected chi connectivity index (χ3v) is 9.72. The molecule has 0 saturated carbocycles. The lowest BCUT2D eigenvalue weighted by Crippen LogP contribution is -2.55. The minimum atomic E-state index is -0.812. The third-order valence-electron chi connectivity index (χ3n) is 7.31. The Bertz CT molecular complexity index is 1130. The Balaban J connectivity index is 1.50. The highest BCUT2D eigenvalue weighted by atomic mass is 35.5. The Morgan fingerprint density at radius 1 is 1.12 bits per heavy atom. The fourth-order valence-electron chi connectivity index (χ4n) is 5.98. The van der Waals surface area contributed by atoms with Crippen molar-refractivity contribution >= 4 is 52.5 Å². The second-order valence-corrected chi connectivity index (χ2v) is 11.1. The van der Waals surface area contributed by atoms with Crippen molar-refractivity contribution in [3.05, 3.63) is 59.6 Å². The van der Waals surface area contributed by atoms with Gasteiger partial charge in [-0.05, 0) is 36.6 Å². The van der Waals surface area contributed by atoms with Gasteiger partial charge in [0, 0.05) is 17.5 Å². The number of carbonyl (C=O) groups excluding carboxylic acids is 3. The van der Waals surface area contributed by atoms with E-state index in [1.807, 2.05) is 30.3 Å². The van der Waals surface area contributed by atoms with E-state index in [-0.39, 0.29) is 42.0 Å². The van der Waals surface area contributed by atoms with Crippen LogP contribution in [0.25, 0.3) is 0 Å². The summed E-state index contributed by atoms with van der Waals surface area (Å²) in [5, 5.41) is 15.9. The standard InChI is InChI=1S/C25H26ClN3O4S/c1-14-13-18-19(22(31)27-15-7-3-2-4-8-15)20-24(33)29(11-12-30)21(25(14,20)34-18)23(32)28-17-10-6-5-9-16(17)26/h2-10,14,18-21,30H,11-13H2,1H3,(H,27,31)(H,28,32)/t14?,18-,19+,20-,21?,25?/m0/s1. The van der Waals surface area contributed by atoms with Crippen molar-refractivity contribution < 1.29 is 19.5 Å². The SMILES string of the molecule is CC1C[C@@H]2SC13C(C(=O)Nc1ccccc1Cl)N(CCO)C(=O)[C@@H]3[C@@H]2C(=O)Nc1ccccc1. The number of hydrogen-bond acceptors (Lipinski definition) is 5. The van der Waals surface area contributed by atoms with Crippen LogP contribution in [0, 0.1) is 17.8 Å². The Labute approximate surface area is 207 Å². The number of halogens is 1. The van der Waals surface area contributed by atoms with E-state index in [0.717, 1.165) is 6.42 Å². The molecule has 178 valence electrons. The molecule has 3 saturated heterocycles. The summed E-state index contributed by atoms with van der Waals surface area (Å²) in [7, 11) is 0. The highest BCUT2D eigenvalue weighted by molar-refractivity contribution is 8.02. The van der Waals surface area contributed by atoms with E-state index in [0.29, 0.717) is 16.4 Å². The maximum Gasteiger partial charge on any atom is 0.248 e. The predicted octanol–water partition coefficient (Wildman–Crippen LogP) is 3.25. The second-order valence-electron chi connectivity index (χ2n) is 9.13. The average Bonchev–Trinajstić information content (AvgIpc) is 3.40. The van der Waals surface area contributed by atoms with Gasteiger partial charge in [0.05, 0.1) is 33.9 Å². The Kier molecular flexibility index (Phi) is 6.08. The number of para-hydroxylation sites is 2. The molecule has 0 aliphatic carbocycles. The molecule has 0 aromatic heterocycles. The van der Waals surface area contributed by atoms with Crippen molar-refractivity contribution in [2.24, 2.45) is 17.8 Å². The van der Waals surface area contributed by atoms with E-state index in [2.05, 4.69) is 17.6 Å². The van der Waals surface area contributed by atoms with Crippen LogP contribution in [0.5, 0.6) is 0 Å². The highest BCUT2D eigenvalue weighted by Crippen LogP contribution is 2.68. The summed E-state index contributed by atoms with van der Waals surface area (Å²) < 4.78 is -0.749. The van der Waals surface area contributed by atoms with Gasteiger partial charge in [-0.25, -0.2) is 0 Å². The molecule has 3 aliphatic rings. The number of aliphatic hydroxyl groups excluding tert-OH is 1. The summed E-state index contributed by atoms with van der Waals surface area (Å²) in [6, 6.07) is 15.3. The van der Waals surface area contributed by atoms with Crippen LogP contribution < -0.4 is 10.6 Å². The van der Waals surface area contributed by atoms with E-state index >= 15 is 0 Å². The minimum absolute atomic E-state index is 0.0304. The molecule has 2 bridgehead atoms. The molecule has 3 amide bonds. The van der Waals surface area contributed by atoms with Crippen molar-refractivity contribution in [1.29, 1.82) is 0 Å². The number of rotatable bonds is 6. The number of anilines is 2. The van der Waals surface area contributed by atoms with Gasteiger partial charge in [0.2, 0.25) is 17.7 Å². The molecule has 34 heavy (non-hydrogen) atoms. The van der Waals surface area contributed by atoms with Crippen LogP contribution in [-0.4, -0.2) is 56.9 Å². The topological polar surface area (TPSA) is 98.7 Å². The van der Waals surface area contributed by atoms with Gasteiger partial charge >= 0.3 is 0 Å². The molecule has 6 atom stereocenters. The van der Waals surface area contributed by atoms with E-state index < -0.39 is 22.6 Å². The van der Waals surface area contributed by atoms with Gasteiger partial charge in [-0.3, -0.25) is 14.4 Å². The number of aliphatic hydroxyl groups is 1. The van der Waals surface area contributed by atoms with Crippen molar-refractivity contribution in [2.75, 3.05) is 23.8 Å². The molecular weight excluding hydrogens is 474 g/mol. The number of nitrogens with one attached hydrogen (secondary N) is 2. The van der Waals surface area contributed by atoms with E-state index in [4.69, 9.17) is 11.6 Å². The number of hydrogen-bond donors (Lipinski definition) is 3. The molecule has 3 fully saturated rings. The predicted molar refractivity (Wildman–Crippen MR) is 133 cm³/mol. The fourth-order valence-corrected chi connectivity index (χ4v) is 8.58. The molecule has 3 aliphatic heterocycles. The lowest BCUT2D eigenvalue weighted by molar-refractivity contribution is -0.138. The number of thioether (sulfide) groups is 1. The zero-order chi connectivity index (χ0) is 24.0. The van der Waals surface area contributed by atoms with Crippen LogP contribution >= 0.6 is 23.4 Å². The summed E-state index contributed by atoms with van der Waals surface area (Å²) in [6.07, 6.45) is 0.740. The van der Waals surface area contributed by atoms with Crippen molar-refractivity contribution in [3.8, 4) is 0 Å².